The molecule has 0 spiro atoms. The Hall–Kier alpha value is -6.07. The molecule has 5 amide bonds. The number of carbonyl (C=O) groups excluding carboxylic acids is 5. The van der Waals surface area contributed by atoms with Crippen molar-refractivity contribution in [3.63, 3.8) is 0 Å². The van der Waals surface area contributed by atoms with Gasteiger partial charge in [0.2, 0.25) is 5.91 Å². The number of hydrogen-bond donors (Lipinski definition) is 8. The van der Waals surface area contributed by atoms with E-state index in [4.69, 9.17) is 31.8 Å². The van der Waals surface area contributed by atoms with Gasteiger partial charge in [-0.1, -0.05) is 31.4 Å². The van der Waals surface area contributed by atoms with Crippen LogP contribution in [0.15, 0.2) is 29.1 Å². The fourth-order valence-electron chi connectivity index (χ4n) is 6.93. The van der Waals surface area contributed by atoms with Gasteiger partial charge in [0.15, 0.2) is 0 Å². The third kappa shape index (κ3) is 24.6. The molecule has 1 aromatic heterocycles. The van der Waals surface area contributed by atoms with E-state index in [9.17, 15) is 28.8 Å². The lowest BCUT2D eigenvalue weighted by Gasteiger charge is -2.29. The van der Waals surface area contributed by atoms with E-state index in [0.717, 1.165) is 12.8 Å². The normalized spacial score (nSPS) is 12.4. The van der Waals surface area contributed by atoms with Crippen LogP contribution in [0.3, 0.4) is 0 Å². The van der Waals surface area contributed by atoms with Gasteiger partial charge in [-0.25, -0.2) is 19.2 Å². The molecule has 0 radical (unpaired) electrons. The van der Waals surface area contributed by atoms with E-state index >= 15 is 0 Å². The average molecular weight is 996 g/mol. The number of aromatic amines is 1. The van der Waals surface area contributed by atoms with E-state index < -0.39 is 58.9 Å². The lowest BCUT2D eigenvalue weighted by Crippen LogP contribution is -2.47. The van der Waals surface area contributed by atoms with Crippen molar-refractivity contribution >= 4 is 41.6 Å². The molecule has 398 valence electrons. The number of nitrogens with two attached hydrogens (primary N) is 1. The largest absolute Gasteiger partial charge is 0.444 e. The topological polar surface area (TPSA) is 267 Å². The quantitative estimate of drug-likeness (QED) is 0.0147. The number of carbonyl (C=O) groups is 5. The van der Waals surface area contributed by atoms with Crippen molar-refractivity contribution in [2.24, 2.45) is 5.73 Å². The number of unbranched alkanes of at least 4 members (excludes halogenated alkanes) is 3. The zero-order valence-corrected chi connectivity index (χ0v) is 44.4. The van der Waals surface area contributed by atoms with Crippen LogP contribution in [0.25, 0.3) is 0 Å². The average Bonchev–Trinajstić information content (AvgIpc) is 3.57. The Labute approximate surface area is 421 Å². The molecule has 20 nitrogen and oxygen atoms in total. The summed E-state index contributed by atoms with van der Waals surface area (Å²) in [6.07, 6.45) is 9.13. The number of imidazole rings is 1. The van der Waals surface area contributed by atoms with Crippen LogP contribution in [-0.2, 0) is 25.5 Å². The van der Waals surface area contributed by atoms with Gasteiger partial charge in [-0.2, -0.15) is 0 Å². The summed E-state index contributed by atoms with van der Waals surface area (Å²) in [6.45, 7) is 22.7. The molecule has 0 aliphatic heterocycles. The molecule has 0 bridgehead atoms. The Balaban J connectivity index is 2.09. The SMILES string of the molecule is C#CC(NCCCC)Nc1c(C(C)=N)[nH]c(=O)n1Cc1ccc(C(=O)N[C@@H](CCCCN)C(=O)NCCCN(CCCCN(CCCNC(=O)OC(C)(C)C)C(=O)OC(C)(C)C)C(=O)OC(C)(C)C)cc1. The van der Waals surface area contributed by atoms with Crippen molar-refractivity contribution in [3.05, 3.63) is 51.6 Å². The Bertz CT molecular complexity index is 2110. The molecule has 2 rings (SSSR count). The second-order valence-corrected chi connectivity index (χ2v) is 20.5. The number of rotatable bonds is 29. The number of H-pyrrole nitrogens is 1. The van der Waals surface area contributed by atoms with E-state index in [1.165, 1.54) is 4.57 Å². The first-order valence-corrected chi connectivity index (χ1v) is 24.9. The van der Waals surface area contributed by atoms with Crippen molar-refractivity contribution in [2.75, 3.05) is 57.7 Å². The second kappa shape index (κ2) is 30.0. The predicted octanol–water partition coefficient (Wildman–Crippen LogP) is 6.28. The lowest BCUT2D eigenvalue weighted by molar-refractivity contribution is -0.123. The monoisotopic (exact) mass is 996 g/mol. The zero-order valence-electron chi connectivity index (χ0n) is 44.4. The van der Waals surface area contributed by atoms with E-state index in [0.29, 0.717) is 107 Å². The second-order valence-electron chi connectivity index (χ2n) is 20.5. The number of benzene rings is 1. The predicted molar refractivity (Wildman–Crippen MR) is 278 cm³/mol. The van der Waals surface area contributed by atoms with E-state index in [1.807, 2.05) is 0 Å². The van der Waals surface area contributed by atoms with E-state index in [2.05, 4.69) is 44.4 Å². The summed E-state index contributed by atoms with van der Waals surface area (Å²) in [5.41, 5.74) is 4.73. The number of anilines is 1. The third-order valence-electron chi connectivity index (χ3n) is 10.4. The summed E-state index contributed by atoms with van der Waals surface area (Å²) in [5.74, 6) is 2.19. The van der Waals surface area contributed by atoms with Crippen LogP contribution >= 0.6 is 0 Å². The maximum atomic E-state index is 13.6. The van der Waals surface area contributed by atoms with Crippen molar-refractivity contribution in [3.8, 4) is 12.3 Å². The highest BCUT2D eigenvalue weighted by Crippen LogP contribution is 2.18. The number of ether oxygens (including phenoxy) is 3. The highest BCUT2D eigenvalue weighted by atomic mass is 16.6. The molecule has 20 heteroatoms. The molecule has 1 unspecified atom stereocenters. The molecule has 1 heterocycles. The van der Waals surface area contributed by atoms with Gasteiger partial charge >= 0.3 is 24.0 Å². The summed E-state index contributed by atoms with van der Waals surface area (Å²) in [5, 5.41) is 23.2. The van der Waals surface area contributed by atoms with Crippen LogP contribution in [0.4, 0.5) is 20.2 Å². The first-order chi connectivity index (χ1) is 33.3. The van der Waals surface area contributed by atoms with Crippen LogP contribution in [0, 0.1) is 17.8 Å². The molecule has 0 fully saturated rings. The minimum absolute atomic E-state index is 0.124. The van der Waals surface area contributed by atoms with Gasteiger partial charge in [0.05, 0.1) is 12.3 Å². The van der Waals surface area contributed by atoms with Crippen LogP contribution in [0.1, 0.15) is 156 Å². The van der Waals surface area contributed by atoms with Gasteiger partial charge < -0.3 is 61.4 Å². The molecule has 0 saturated carbocycles. The number of hydrogen-bond acceptors (Lipinski definition) is 13. The highest BCUT2D eigenvalue weighted by molar-refractivity contribution is 5.99. The minimum atomic E-state index is -0.860. The fraction of sp³-hybridized carbons (Fsp3) is 0.667. The Morgan fingerprint density at radius 3 is 1.80 bits per heavy atom. The number of amides is 5. The van der Waals surface area contributed by atoms with Crippen molar-refractivity contribution in [2.45, 2.75) is 170 Å². The van der Waals surface area contributed by atoms with Crippen molar-refractivity contribution in [1.29, 1.82) is 5.41 Å². The molecular formula is C51H85N11O9. The molecule has 1 aromatic carbocycles. The summed E-state index contributed by atoms with van der Waals surface area (Å²) in [7, 11) is 0. The summed E-state index contributed by atoms with van der Waals surface area (Å²) >= 11 is 0. The molecule has 9 N–H and O–H groups in total. The Kier molecular flexibility index (Phi) is 25.8. The van der Waals surface area contributed by atoms with E-state index in [1.54, 1.807) is 103 Å². The number of nitrogens with zero attached hydrogens (tertiary/aromatic N) is 3. The molecule has 0 saturated heterocycles. The number of alkyl carbamates (subject to hydrolysis) is 1. The third-order valence-corrected chi connectivity index (χ3v) is 10.4. The first-order valence-electron chi connectivity index (χ1n) is 24.9. The van der Waals surface area contributed by atoms with Crippen LogP contribution in [0.5, 0.6) is 0 Å². The highest BCUT2D eigenvalue weighted by Gasteiger charge is 2.26. The summed E-state index contributed by atoms with van der Waals surface area (Å²) in [4.78, 5) is 84.8. The molecule has 0 aliphatic carbocycles. The van der Waals surface area contributed by atoms with Crippen LogP contribution < -0.4 is 38.0 Å². The Morgan fingerprint density at radius 2 is 1.31 bits per heavy atom. The molecular weight excluding hydrogens is 911 g/mol. The Morgan fingerprint density at radius 1 is 0.775 bits per heavy atom. The van der Waals surface area contributed by atoms with Gasteiger partial charge in [-0.15, -0.1) is 6.42 Å². The van der Waals surface area contributed by atoms with Crippen LogP contribution in [-0.4, -0.2) is 137 Å². The molecule has 0 aliphatic rings. The van der Waals surface area contributed by atoms with Gasteiger partial charge in [-0.05, 0) is 151 Å². The van der Waals surface area contributed by atoms with Gasteiger partial charge in [0.1, 0.15) is 40.5 Å². The zero-order chi connectivity index (χ0) is 53.4. The maximum Gasteiger partial charge on any atom is 0.410 e. The van der Waals surface area contributed by atoms with Gasteiger partial charge in [-0.3, -0.25) is 19.5 Å². The first kappa shape index (κ1) is 61.1. The van der Waals surface area contributed by atoms with Crippen LogP contribution in [0.2, 0.25) is 0 Å². The standard InChI is InChI=1S/C51H85N11O9/c1-13-15-28-54-40(14-2)58-42-41(36(3)53)59-45(65)62(42)35-37-23-25-38(26-24-37)43(63)57-39(22-16-17-27-52)44(64)55-29-20-33-60(47(67)70-50(7,8)9)31-18-19-32-61(48(68)71-51(10,11)12)34-21-30-56-46(66)69-49(4,5)6/h2,23-26,39-40,53-54,58H,13,15-22,27-35,52H2,1,3-12H3,(H,55,64)(H,56,66)(H,57,63)(H,59,65)/t39-,40?/m0/s1. The number of terminal acetylenes is 1. The fourth-order valence-corrected chi connectivity index (χ4v) is 6.93. The molecule has 2 aromatic rings. The van der Waals surface area contributed by atoms with E-state index in [-0.39, 0.29) is 31.3 Å². The minimum Gasteiger partial charge on any atom is -0.444 e. The van der Waals surface area contributed by atoms with Gasteiger partial charge in [0.25, 0.3) is 5.91 Å². The van der Waals surface area contributed by atoms with Crippen molar-refractivity contribution < 1.29 is 38.2 Å². The number of aromatic nitrogens is 2. The smallest absolute Gasteiger partial charge is 0.410 e. The summed E-state index contributed by atoms with van der Waals surface area (Å²) < 4.78 is 18.1. The maximum absolute atomic E-state index is 13.6. The van der Waals surface area contributed by atoms with Gasteiger partial charge in [0, 0.05) is 44.8 Å². The molecule has 2 atom stereocenters. The lowest BCUT2D eigenvalue weighted by atomic mass is 10.1. The number of nitrogens with one attached hydrogen (secondary N) is 7. The summed E-state index contributed by atoms with van der Waals surface area (Å²) in [6, 6.07) is 5.83. The van der Waals surface area contributed by atoms with Crippen molar-refractivity contribution in [1.82, 2.24) is 40.6 Å². The molecule has 71 heavy (non-hydrogen) atoms.